The fourth-order valence-corrected chi connectivity index (χ4v) is 2.59. The van der Waals surface area contributed by atoms with Gasteiger partial charge in [-0.05, 0) is 26.2 Å². The largest absolute Gasteiger partial charge is 0.363 e. The zero-order valence-electron chi connectivity index (χ0n) is 9.56. The van der Waals surface area contributed by atoms with Crippen LogP contribution in [0.3, 0.4) is 0 Å². The number of nitrogens with zero attached hydrogens (tertiary/aromatic N) is 3. The van der Waals surface area contributed by atoms with Gasteiger partial charge in [0.2, 0.25) is 10.1 Å². The van der Waals surface area contributed by atoms with Crippen LogP contribution in [-0.4, -0.2) is 40.6 Å². The summed E-state index contributed by atoms with van der Waals surface area (Å²) in [5, 5.41) is 11.9. The normalized spacial score (nSPS) is 20.9. The lowest BCUT2D eigenvalue weighted by atomic mass is 10.0. The number of carbonyl (C=O) groups excluding carboxylic acids is 1. The van der Waals surface area contributed by atoms with E-state index in [2.05, 4.69) is 22.4 Å². The summed E-state index contributed by atoms with van der Waals surface area (Å²) in [5.74, 6) is 0.0196. The molecule has 5 nitrogen and oxygen atoms in total. The van der Waals surface area contributed by atoms with Crippen molar-refractivity contribution in [3.63, 3.8) is 0 Å². The Morgan fingerprint density at radius 1 is 1.50 bits per heavy atom. The van der Waals surface area contributed by atoms with Gasteiger partial charge in [0.1, 0.15) is 0 Å². The SMILES string of the molecule is CNc1nnc(C(=O)N2CCCCC2C)s1. The second kappa shape index (κ2) is 4.78. The minimum Gasteiger partial charge on any atom is -0.363 e. The van der Waals surface area contributed by atoms with Crippen LogP contribution in [0.1, 0.15) is 36.0 Å². The highest BCUT2D eigenvalue weighted by molar-refractivity contribution is 7.17. The topological polar surface area (TPSA) is 58.1 Å². The van der Waals surface area contributed by atoms with Crippen LogP contribution in [0, 0.1) is 0 Å². The molecule has 1 saturated heterocycles. The van der Waals surface area contributed by atoms with E-state index in [-0.39, 0.29) is 5.91 Å². The highest BCUT2D eigenvalue weighted by Gasteiger charge is 2.26. The van der Waals surface area contributed by atoms with Gasteiger partial charge in [0, 0.05) is 19.6 Å². The molecule has 0 bridgehead atoms. The average molecular weight is 240 g/mol. The van der Waals surface area contributed by atoms with E-state index >= 15 is 0 Å². The summed E-state index contributed by atoms with van der Waals surface area (Å²) in [4.78, 5) is 14.1. The lowest BCUT2D eigenvalue weighted by molar-refractivity contribution is 0.0634. The Bertz CT molecular complexity index is 379. The smallest absolute Gasteiger partial charge is 0.285 e. The second-order valence-electron chi connectivity index (χ2n) is 4.01. The average Bonchev–Trinajstić information content (AvgIpc) is 2.77. The van der Waals surface area contributed by atoms with E-state index in [0.717, 1.165) is 19.4 Å². The summed E-state index contributed by atoms with van der Waals surface area (Å²) in [5.41, 5.74) is 0. The Labute approximate surface area is 98.9 Å². The summed E-state index contributed by atoms with van der Waals surface area (Å²) in [6.07, 6.45) is 3.39. The van der Waals surface area contributed by atoms with Crippen molar-refractivity contribution in [1.29, 1.82) is 0 Å². The van der Waals surface area contributed by atoms with Crippen LogP contribution in [-0.2, 0) is 0 Å². The van der Waals surface area contributed by atoms with Crippen LogP contribution in [0.4, 0.5) is 5.13 Å². The fourth-order valence-electron chi connectivity index (χ4n) is 1.93. The third kappa shape index (κ3) is 2.16. The van der Waals surface area contributed by atoms with Crippen molar-refractivity contribution in [2.75, 3.05) is 18.9 Å². The zero-order valence-corrected chi connectivity index (χ0v) is 10.4. The standard InChI is InChI=1S/C10H16N4OS/c1-7-5-3-4-6-14(7)9(15)8-12-13-10(11-2)16-8/h7H,3-6H2,1-2H3,(H,11,13). The van der Waals surface area contributed by atoms with Crippen LogP contribution in [0.25, 0.3) is 0 Å². The summed E-state index contributed by atoms with van der Waals surface area (Å²) >= 11 is 1.31. The number of rotatable bonds is 2. The molecular weight excluding hydrogens is 224 g/mol. The quantitative estimate of drug-likeness (QED) is 0.853. The highest BCUT2D eigenvalue weighted by atomic mass is 32.1. The summed E-state index contributed by atoms with van der Waals surface area (Å²) in [6, 6.07) is 0.322. The fraction of sp³-hybridized carbons (Fsp3) is 0.700. The summed E-state index contributed by atoms with van der Waals surface area (Å²) in [6.45, 7) is 2.94. The second-order valence-corrected chi connectivity index (χ2v) is 4.98. The van der Waals surface area contributed by atoms with Crippen molar-refractivity contribution in [2.24, 2.45) is 0 Å². The van der Waals surface area contributed by atoms with Crippen LogP contribution in [0.2, 0.25) is 0 Å². The Balaban J connectivity index is 2.11. The van der Waals surface area contributed by atoms with Gasteiger partial charge in [0.15, 0.2) is 0 Å². The maximum Gasteiger partial charge on any atom is 0.285 e. The van der Waals surface area contributed by atoms with Crippen LogP contribution in [0.15, 0.2) is 0 Å². The molecule has 0 saturated carbocycles. The predicted octanol–water partition coefficient (Wildman–Crippen LogP) is 1.59. The molecule has 0 aliphatic carbocycles. The zero-order chi connectivity index (χ0) is 11.5. The van der Waals surface area contributed by atoms with Gasteiger partial charge in [0.25, 0.3) is 5.91 Å². The molecule has 2 heterocycles. The van der Waals surface area contributed by atoms with E-state index in [0.29, 0.717) is 16.2 Å². The molecule has 16 heavy (non-hydrogen) atoms. The summed E-state index contributed by atoms with van der Waals surface area (Å²) < 4.78 is 0. The van der Waals surface area contributed by atoms with Crippen molar-refractivity contribution < 1.29 is 4.79 Å². The van der Waals surface area contributed by atoms with Crippen molar-refractivity contribution in [2.45, 2.75) is 32.2 Å². The van der Waals surface area contributed by atoms with E-state index in [9.17, 15) is 4.79 Å². The Morgan fingerprint density at radius 2 is 2.31 bits per heavy atom. The minimum absolute atomic E-state index is 0.0196. The molecule has 1 N–H and O–H groups in total. The van der Waals surface area contributed by atoms with Gasteiger partial charge >= 0.3 is 0 Å². The molecular formula is C10H16N4OS. The molecule has 1 aliphatic heterocycles. The molecule has 0 spiro atoms. The highest BCUT2D eigenvalue weighted by Crippen LogP contribution is 2.22. The number of aromatic nitrogens is 2. The first-order chi connectivity index (χ1) is 7.72. The van der Waals surface area contributed by atoms with Gasteiger partial charge in [-0.1, -0.05) is 11.3 Å². The van der Waals surface area contributed by atoms with Crippen molar-refractivity contribution >= 4 is 22.4 Å². The third-order valence-electron chi connectivity index (χ3n) is 2.89. The number of amides is 1. The van der Waals surface area contributed by atoms with Crippen LogP contribution >= 0.6 is 11.3 Å². The van der Waals surface area contributed by atoms with Crippen LogP contribution in [0.5, 0.6) is 0 Å². The molecule has 1 unspecified atom stereocenters. The van der Waals surface area contributed by atoms with Gasteiger partial charge in [-0.3, -0.25) is 4.79 Å². The molecule has 1 fully saturated rings. The first kappa shape index (κ1) is 11.3. The first-order valence-corrected chi connectivity index (χ1v) is 6.36. The Hall–Kier alpha value is -1.17. The minimum atomic E-state index is 0.0196. The molecule has 1 atom stereocenters. The van der Waals surface area contributed by atoms with Gasteiger partial charge in [0.05, 0.1) is 0 Å². The predicted molar refractivity (Wildman–Crippen MR) is 63.8 cm³/mol. The van der Waals surface area contributed by atoms with E-state index in [1.807, 2.05) is 4.90 Å². The molecule has 1 aliphatic rings. The Kier molecular flexibility index (Phi) is 3.38. The van der Waals surface area contributed by atoms with Crippen molar-refractivity contribution in [3.8, 4) is 0 Å². The molecule has 0 aromatic carbocycles. The molecule has 6 heteroatoms. The van der Waals surface area contributed by atoms with Crippen LogP contribution < -0.4 is 5.32 Å². The first-order valence-electron chi connectivity index (χ1n) is 5.54. The lowest BCUT2D eigenvalue weighted by Gasteiger charge is -2.32. The summed E-state index contributed by atoms with van der Waals surface area (Å²) in [7, 11) is 1.78. The number of likely N-dealkylation sites (tertiary alicyclic amines) is 1. The number of carbonyl (C=O) groups is 1. The molecule has 88 valence electrons. The number of hydrogen-bond acceptors (Lipinski definition) is 5. The van der Waals surface area contributed by atoms with E-state index in [4.69, 9.17) is 0 Å². The molecule has 1 aromatic rings. The Morgan fingerprint density at radius 3 is 2.94 bits per heavy atom. The van der Waals surface area contributed by atoms with Gasteiger partial charge in [-0.15, -0.1) is 10.2 Å². The van der Waals surface area contributed by atoms with E-state index in [1.165, 1.54) is 17.8 Å². The van der Waals surface area contributed by atoms with E-state index in [1.54, 1.807) is 7.05 Å². The maximum absolute atomic E-state index is 12.1. The molecule has 0 radical (unpaired) electrons. The number of piperidine rings is 1. The molecule has 2 rings (SSSR count). The van der Waals surface area contributed by atoms with Gasteiger partial charge in [-0.25, -0.2) is 0 Å². The number of hydrogen-bond donors (Lipinski definition) is 1. The van der Waals surface area contributed by atoms with Crippen molar-refractivity contribution in [1.82, 2.24) is 15.1 Å². The lowest BCUT2D eigenvalue weighted by Crippen LogP contribution is -2.42. The van der Waals surface area contributed by atoms with Gasteiger partial charge in [-0.2, -0.15) is 0 Å². The molecule has 1 aromatic heterocycles. The van der Waals surface area contributed by atoms with Crippen molar-refractivity contribution in [3.05, 3.63) is 5.01 Å². The third-order valence-corrected chi connectivity index (χ3v) is 3.81. The van der Waals surface area contributed by atoms with E-state index < -0.39 is 0 Å². The number of nitrogens with one attached hydrogen (secondary N) is 1. The van der Waals surface area contributed by atoms with Gasteiger partial charge < -0.3 is 10.2 Å². The maximum atomic E-state index is 12.1. The monoisotopic (exact) mass is 240 g/mol. The number of anilines is 1. The molecule has 1 amide bonds.